The highest BCUT2D eigenvalue weighted by Crippen LogP contribution is 2.18. The molecule has 0 saturated heterocycles. The molecule has 2 N–H and O–H groups in total. The molecule has 19 heavy (non-hydrogen) atoms. The summed E-state index contributed by atoms with van der Waals surface area (Å²) in [6.07, 6.45) is 0.273. The summed E-state index contributed by atoms with van der Waals surface area (Å²) in [6.45, 7) is 0.412. The molecule has 104 valence electrons. The number of carbonyl (C=O) groups excluding carboxylic acids is 2. The molecule has 0 unspecified atom stereocenters. The number of nitrogens with zero attached hydrogens (tertiary/aromatic N) is 1. The molecule has 5 nitrogen and oxygen atoms in total. The number of rotatable bonds is 6. The Morgan fingerprint density at radius 2 is 2.11 bits per heavy atom. The Balaban J connectivity index is 2.59. The molecule has 0 aromatic heterocycles. The van der Waals surface area contributed by atoms with E-state index in [0.29, 0.717) is 6.54 Å². The van der Waals surface area contributed by atoms with Crippen LogP contribution >= 0.6 is 0 Å². The number of phenols is 1. The second-order valence-electron chi connectivity index (χ2n) is 4.25. The van der Waals surface area contributed by atoms with Gasteiger partial charge in [-0.05, 0) is 25.2 Å². The van der Waals surface area contributed by atoms with Gasteiger partial charge < -0.3 is 10.4 Å². The summed E-state index contributed by atoms with van der Waals surface area (Å²) in [5.41, 5.74) is -0.0493. The molecule has 0 bridgehead atoms. The number of aromatic hydroxyl groups is 1. The number of carbonyl (C=O) groups is 2. The van der Waals surface area contributed by atoms with Gasteiger partial charge in [0.05, 0.1) is 12.1 Å². The minimum Gasteiger partial charge on any atom is -0.507 e. The molecule has 1 rings (SSSR count). The van der Waals surface area contributed by atoms with Crippen molar-refractivity contribution in [2.24, 2.45) is 0 Å². The molecule has 0 aliphatic rings. The van der Waals surface area contributed by atoms with Crippen LogP contribution in [-0.2, 0) is 4.79 Å². The first kappa shape index (κ1) is 15.1. The number of benzene rings is 1. The molecular formula is C13H17FN2O3. The van der Waals surface area contributed by atoms with Crippen LogP contribution in [-0.4, -0.2) is 48.9 Å². The van der Waals surface area contributed by atoms with Crippen LogP contribution in [0.1, 0.15) is 16.8 Å². The summed E-state index contributed by atoms with van der Waals surface area (Å²) in [5.74, 6) is -1.33. The van der Waals surface area contributed by atoms with E-state index in [1.54, 1.807) is 11.9 Å². The zero-order valence-electron chi connectivity index (χ0n) is 10.9. The van der Waals surface area contributed by atoms with E-state index < -0.39 is 11.6 Å². The lowest BCUT2D eigenvalue weighted by Gasteiger charge is -2.15. The lowest BCUT2D eigenvalue weighted by atomic mass is 10.1. The smallest absolute Gasteiger partial charge is 0.221 e. The summed E-state index contributed by atoms with van der Waals surface area (Å²) < 4.78 is 13.0. The maximum atomic E-state index is 13.0. The Hall–Kier alpha value is -1.95. The Kier molecular flexibility index (Phi) is 5.44. The highest BCUT2D eigenvalue weighted by molar-refractivity contribution is 6.00. The predicted octanol–water partition coefficient (Wildman–Crippen LogP) is 0.782. The van der Waals surface area contributed by atoms with Gasteiger partial charge in [-0.2, -0.15) is 0 Å². The average molecular weight is 268 g/mol. The summed E-state index contributed by atoms with van der Waals surface area (Å²) in [4.78, 5) is 24.6. The third kappa shape index (κ3) is 4.67. The highest BCUT2D eigenvalue weighted by Gasteiger charge is 2.14. The van der Waals surface area contributed by atoms with Crippen LogP contribution in [0.4, 0.5) is 4.39 Å². The van der Waals surface area contributed by atoms with E-state index in [-0.39, 0.29) is 30.2 Å². The largest absolute Gasteiger partial charge is 0.507 e. The molecule has 0 aliphatic heterocycles. The summed E-state index contributed by atoms with van der Waals surface area (Å²) in [7, 11) is 3.22. The third-order valence-corrected chi connectivity index (χ3v) is 2.67. The monoisotopic (exact) mass is 268 g/mol. The lowest BCUT2D eigenvalue weighted by Crippen LogP contribution is -2.30. The minimum absolute atomic E-state index is 0.00794. The van der Waals surface area contributed by atoms with Gasteiger partial charge in [0.15, 0.2) is 5.78 Å². The zero-order valence-corrected chi connectivity index (χ0v) is 10.9. The molecule has 0 radical (unpaired) electrons. The molecule has 0 saturated carbocycles. The molecular weight excluding hydrogens is 251 g/mol. The number of hydrogen-bond donors (Lipinski definition) is 2. The number of Topliss-reactive ketones (excluding diaryl/α,β-unsaturated/α-hetero) is 1. The van der Waals surface area contributed by atoms with Gasteiger partial charge in [-0.25, -0.2) is 4.39 Å². The maximum Gasteiger partial charge on any atom is 0.221 e. The van der Waals surface area contributed by atoms with Gasteiger partial charge in [-0.3, -0.25) is 14.5 Å². The third-order valence-electron chi connectivity index (χ3n) is 2.67. The van der Waals surface area contributed by atoms with E-state index in [1.165, 1.54) is 7.05 Å². The highest BCUT2D eigenvalue weighted by atomic mass is 19.1. The fourth-order valence-electron chi connectivity index (χ4n) is 1.56. The standard InChI is InChI=1S/C13H17FN2O3/c1-15-13(19)5-6-16(2)8-12(18)10-7-9(14)3-4-11(10)17/h3-4,7,17H,5-6,8H2,1-2H3,(H,15,19). The first-order chi connectivity index (χ1) is 8.93. The fourth-order valence-corrected chi connectivity index (χ4v) is 1.56. The van der Waals surface area contributed by atoms with Crippen molar-refractivity contribution in [2.75, 3.05) is 27.2 Å². The van der Waals surface area contributed by atoms with Gasteiger partial charge in [-0.15, -0.1) is 0 Å². The topological polar surface area (TPSA) is 69.6 Å². The van der Waals surface area contributed by atoms with Gasteiger partial charge in [0, 0.05) is 20.0 Å². The van der Waals surface area contributed by atoms with Crippen molar-refractivity contribution >= 4 is 11.7 Å². The SMILES string of the molecule is CNC(=O)CCN(C)CC(=O)c1cc(F)ccc1O. The summed E-state index contributed by atoms with van der Waals surface area (Å²) in [5, 5.41) is 12.0. The van der Waals surface area contributed by atoms with E-state index in [4.69, 9.17) is 0 Å². The minimum atomic E-state index is -0.575. The van der Waals surface area contributed by atoms with Crippen LogP contribution in [0.2, 0.25) is 0 Å². The Bertz CT molecular complexity index is 477. The van der Waals surface area contributed by atoms with Gasteiger partial charge in [0.25, 0.3) is 0 Å². The van der Waals surface area contributed by atoms with Crippen LogP contribution in [0.15, 0.2) is 18.2 Å². The molecule has 1 amide bonds. The molecule has 0 aliphatic carbocycles. The maximum absolute atomic E-state index is 13.0. The molecule has 0 atom stereocenters. The van der Waals surface area contributed by atoms with E-state index in [2.05, 4.69) is 5.32 Å². The fraction of sp³-hybridized carbons (Fsp3) is 0.385. The van der Waals surface area contributed by atoms with Crippen molar-refractivity contribution in [3.63, 3.8) is 0 Å². The second kappa shape index (κ2) is 6.84. The zero-order chi connectivity index (χ0) is 14.4. The molecule has 1 aromatic carbocycles. The number of phenolic OH excluding ortho intramolecular Hbond substituents is 1. The van der Waals surface area contributed by atoms with Crippen molar-refractivity contribution in [1.82, 2.24) is 10.2 Å². The number of halogens is 1. The summed E-state index contributed by atoms with van der Waals surface area (Å²) >= 11 is 0. The summed E-state index contributed by atoms with van der Waals surface area (Å²) in [6, 6.07) is 3.23. The van der Waals surface area contributed by atoms with Crippen molar-refractivity contribution in [1.29, 1.82) is 0 Å². The van der Waals surface area contributed by atoms with Crippen molar-refractivity contribution in [3.8, 4) is 5.75 Å². The van der Waals surface area contributed by atoms with Gasteiger partial charge in [0.1, 0.15) is 11.6 Å². The number of nitrogens with one attached hydrogen (secondary N) is 1. The molecule has 0 fully saturated rings. The van der Waals surface area contributed by atoms with Crippen molar-refractivity contribution in [3.05, 3.63) is 29.6 Å². The first-order valence-corrected chi connectivity index (χ1v) is 5.85. The van der Waals surface area contributed by atoms with Crippen molar-refractivity contribution < 1.29 is 19.1 Å². The molecule has 1 aromatic rings. The quantitative estimate of drug-likeness (QED) is 0.748. The first-order valence-electron chi connectivity index (χ1n) is 5.85. The number of ketones is 1. The van der Waals surface area contributed by atoms with E-state index in [9.17, 15) is 19.1 Å². The molecule has 6 heteroatoms. The van der Waals surface area contributed by atoms with E-state index >= 15 is 0 Å². The van der Waals surface area contributed by atoms with Gasteiger partial charge >= 0.3 is 0 Å². The van der Waals surface area contributed by atoms with Crippen LogP contribution < -0.4 is 5.32 Å². The molecule has 0 heterocycles. The average Bonchev–Trinajstić information content (AvgIpc) is 2.38. The molecule has 0 spiro atoms. The second-order valence-corrected chi connectivity index (χ2v) is 4.25. The van der Waals surface area contributed by atoms with Gasteiger partial charge in [-0.1, -0.05) is 0 Å². The lowest BCUT2D eigenvalue weighted by molar-refractivity contribution is -0.120. The Morgan fingerprint density at radius 1 is 1.42 bits per heavy atom. The normalized spacial score (nSPS) is 10.5. The van der Waals surface area contributed by atoms with Crippen LogP contribution in [0.5, 0.6) is 5.75 Å². The Morgan fingerprint density at radius 3 is 2.74 bits per heavy atom. The number of likely N-dealkylation sites (N-methyl/N-ethyl adjacent to an activating group) is 1. The van der Waals surface area contributed by atoms with Crippen molar-refractivity contribution in [2.45, 2.75) is 6.42 Å². The van der Waals surface area contributed by atoms with Crippen LogP contribution in [0.25, 0.3) is 0 Å². The van der Waals surface area contributed by atoms with Crippen LogP contribution in [0, 0.1) is 5.82 Å². The van der Waals surface area contributed by atoms with E-state index in [0.717, 1.165) is 18.2 Å². The Labute approximate surface area is 111 Å². The van der Waals surface area contributed by atoms with Crippen LogP contribution in [0.3, 0.4) is 0 Å². The van der Waals surface area contributed by atoms with Gasteiger partial charge in [0.2, 0.25) is 5.91 Å². The number of hydrogen-bond acceptors (Lipinski definition) is 4. The number of amides is 1. The predicted molar refractivity (Wildman–Crippen MR) is 68.6 cm³/mol. The van der Waals surface area contributed by atoms with E-state index in [1.807, 2.05) is 0 Å².